The van der Waals surface area contributed by atoms with E-state index in [-0.39, 0.29) is 13.2 Å². The van der Waals surface area contributed by atoms with Crippen LogP contribution in [0.3, 0.4) is 0 Å². The average molecular weight is 556 g/mol. The van der Waals surface area contributed by atoms with Gasteiger partial charge in [0.15, 0.2) is 11.5 Å². The van der Waals surface area contributed by atoms with Crippen LogP contribution in [-0.2, 0) is 27.6 Å². The first-order valence-corrected chi connectivity index (χ1v) is 12.8. The van der Waals surface area contributed by atoms with Crippen molar-refractivity contribution < 1.29 is 33.1 Å². The first-order chi connectivity index (χ1) is 20.0. The number of carbonyl (C=O) groups is 2. The molecule has 4 aromatic rings. The zero-order valence-electron chi connectivity index (χ0n) is 22.9. The number of methoxy groups -OCH3 is 2. The first-order valence-electron chi connectivity index (χ1n) is 12.8. The Hall–Kier alpha value is -5.09. The van der Waals surface area contributed by atoms with Crippen LogP contribution in [0.25, 0.3) is 11.5 Å². The van der Waals surface area contributed by atoms with Gasteiger partial charge in [0.05, 0.1) is 38.2 Å². The van der Waals surface area contributed by atoms with Crippen LogP contribution in [0.1, 0.15) is 27.4 Å². The second kappa shape index (κ2) is 12.4. The highest BCUT2D eigenvalue weighted by atomic mass is 16.7. The monoisotopic (exact) mass is 555 g/mol. The number of hydrazine groups is 1. The van der Waals surface area contributed by atoms with E-state index in [4.69, 9.17) is 23.5 Å². The fourth-order valence-corrected chi connectivity index (χ4v) is 4.23. The molecule has 0 fully saturated rings. The van der Waals surface area contributed by atoms with Crippen LogP contribution in [0, 0.1) is 6.92 Å². The number of esters is 1. The predicted molar refractivity (Wildman–Crippen MR) is 150 cm³/mol. The van der Waals surface area contributed by atoms with Crippen molar-refractivity contribution >= 4 is 17.9 Å². The van der Waals surface area contributed by atoms with Gasteiger partial charge in [0, 0.05) is 11.1 Å². The van der Waals surface area contributed by atoms with Gasteiger partial charge in [-0.1, -0.05) is 24.3 Å². The van der Waals surface area contributed by atoms with Gasteiger partial charge in [0.1, 0.15) is 31.0 Å². The fraction of sp³-hybridized carbons (Fsp3) is 0.194. The molecule has 41 heavy (non-hydrogen) atoms. The SMILES string of the molecule is COC(=O)c1ccc(-c2nc(COc3ccc(CON4C=C(C=O)CN4c4ccccc4)cc3OC)c(C)o2)cc1. The lowest BCUT2D eigenvalue weighted by atomic mass is 10.1. The number of oxazole rings is 1. The molecule has 3 aromatic carbocycles. The third-order valence-corrected chi connectivity index (χ3v) is 6.45. The Morgan fingerprint density at radius 1 is 1.00 bits per heavy atom. The van der Waals surface area contributed by atoms with E-state index in [2.05, 4.69) is 4.98 Å². The number of rotatable bonds is 11. The van der Waals surface area contributed by atoms with Crippen molar-refractivity contribution in [3.63, 3.8) is 0 Å². The molecule has 210 valence electrons. The van der Waals surface area contributed by atoms with E-state index in [0.717, 1.165) is 23.1 Å². The van der Waals surface area contributed by atoms with E-state index in [9.17, 15) is 9.59 Å². The van der Waals surface area contributed by atoms with E-state index < -0.39 is 5.97 Å². The van der Waals surface area contributed by atoms with Crippen molar-refractivity contribution in [2.75, 3.05) is 25.8 Å². The van der Waals surface area contributed by atoms with Crippen LogP contribution in [0.5, 0.6) is 11.5 Å². The Bertz CT molecular complexity index is 1550. The molecule has 0 spiro atoms. The molecule has 10 nitrogen and oxygen atoms in total. The summed E-state index contributed by atoms with van der Waals surface area (Å²) >= 11 is 0. The molecule has 0 bridgehead atoms. The number of benzene rings is 3. The molecule has 0 atom stereocenters. The zero-order chi connectivity index (χ0) is 28.8. The predicted octanol–water partition coefficient (Wildman–Crippen LogP) is 5.28. The summed E-state index contributed by atoms with van der Waals surface area (Å²) in [7, 11) is 2.91. The molecular weight excluding hydrogens is 526 g/mol. The molecule has 1 aliphatic heterocycles. The molecule has 0 aliphatic carbocycles. The van der Waals surface area contributed by atoms with Crippen LogP contribution in [0.4, 0.5) is 5.69 Å². The summed E-state index contributed by atoms with van der Waals surface area (Å²) in [5.74, 6) is 1.72. The summed E-state index contributed by atoms with van der Waals surface area (Å²) in [5, 5.41) is 3.45. The highest BCUT2D eigenvalue weighted by molar-refractivity contribution is 5.89. The maximum Gasteiger partial charge on any atom is 0.337 e. The van der Waals surface area contributed by atoms with Crippen molar-refractivity contribution in [2.24, 2.45) is 0 Å². The van der Waals surface area contributed by atoms with Gasteiger partial charge in [0.25, 0.3) is 0 Å². The number of aromatic nitrogens is 1. The molecule has 5 rings (SSSR count). The van der Waals surface area contributed by atoms with Crippen molar-refractivity contribution in [1.29, 1.82) is 0 Å². The number of hydrogen-bond donors (Lipinski definition) is 0. The number of nitrogens with zero attached hydrogens (tertiary/aromatic N) is 3. The van der Waals surface area contributed by atoms with Gasteiger partial charge < -0.3 is 18.6 Å². The quantitative estimate of drug-likeness (QED) is 0.179. The number of anilines is 1. The van der Waals surface area contributed by atoms with Crippen molar-refractivity contribution in [3.05, 3.63) is 107 Å². The van der Waals surface area contributed by atoms with Gasteiger partial charge in [-0.2, -0.15) is 5.17 Å². The van der Waals surface area contributed by atoms with Crippen LogP contribution < -0.4 is 14.5 Å². The van der Waals surface area contributed by atoms with Crippen LogP contribution in [0.2, 0.25) is 0 Å². The Labute approximate surface area is 237 Å². The molecule has 1 aromatic heterocycles. The summed E-state index contributed by atoms with van der Waals surface area (Å²) in [6, 6.07) is 22.1. The second-order valence-corrected chi connectivity index (χ2v) is 9.16. The molecule has 0 saturated carbocycles. The summed E-state index contributed by atoms with van der Waals surface area (Å²) < 4.78 is 22.2. The number of aryl methyl sites for hydroxylation is 1. The van der Waals surface area contributed by atoms with Gasteiger partial charge in [-0.3, -0.25) is 9.80 Å². The van der Waals surface area contributed by atoms with Gasteiger partial charge in [0.2, 0.25) is 5.89 Å². The van der Waals surface area contributed by atoms with E-state index in [0.29, 0.717) is 46.5 Å². The molecule has 10 heteroatoms. The molecule has 0 amide bonds. The van der Waals surface area contributed by atoms with E-state index >= 15 is 0 Å². The van der Waals surface area contributed by atoms with E-state index in [1.165, 1.54) is 7.11 Å². The van der Waals surface area contributed by atoms with E-state index in [1.807, 2.05) is 60.5 Å². The Morgan fingerprint density at radius 2 is 1.78 bits per heavy atom. The standard InChI is InChI=1S/C31H29N3O7/c1-21-27(32-30(41-21)24-10-12-25(13-11-24)31(36)38-3)20-39-28-14-9-22(15-29(28)37-2)19-40-34-17-23(18-35)16-33(34)26-7-5-4-6-8-26/h4-15,17-18H,16,19-20H2,1-3H3. The molecule has 0 unspecified atom stereocenters. The van der Waals surface area contributed by atoms with Gasteiger partial charge in [-0.25, -0.2) is 14.6 Å². The highest BCUT2D eigenvalue weighted by Gasteiger charge is 2.23. The van der Waals surface area contributed by atoms with Crippen molar-refractivity contribution in [2.45, 2.75) is 20.1 Å². The van der Waals surface area contributed by atoms with Crippen LogP contribution in [-0.4, -0.2) is 43.2 Å². The smallest absolute Gasteiger partial charge is 0.337 e. The molecule has 0 N–H and O–H groups in total. The van der Waals surface area contributed by atoms with Gasteiger partial charge in [-0.15, -0.1) is 0 Å². The largest absolute Gasteiger partial charge is 0.493 e. The van der Waals surface area contributed by atoms with Gasteiger partial charge in [-0.05, 0) is 61.0 Å². The van der Waals surface area contributed by atoms with Gasteiger partial charge >= 0.3 is 5.97 Å². The minimum absolute atomic E-state index is 0.168. The normalized spacial score (nSPS) is 12.7. The number of aldehydes is 1. The topological polar surface area (TPSA) is 104 Å². The Kier molecular flexibility index (Phi) is 8.31. The zero-order valence-corrected chi connectivity index (χ0v) is 22.9. The second-order valence-electron chi connectivity index (χ2n) is 9.16. The van der Waals surface area contributed by atoms with Crippen LogP contribution >= 0.6 is 0 Å². The van der Waals surface area contributed by atoms with E-state index in [1.54, 1.807) is 42.7 Å². The maximum atomic E-state index is 11.7. The molecule has 0 radical (unpaired) electrons. The Morgan fingerprint density at radius 3 is 2.49 bits per heavy atom. The minimum Gasteiger partial charge on any atom is -0.493 e. The fourth-order valence-electron chi connectivity index (χ4n) is 4.23. The number of hydroxylamine groups is 1. The molecule has 2 heterocycles. The van der Waals surface area contributed by atoms with Crippen molar-refractivity contribution in [1.82, 2.24) is 10.2 Å². The van der Waals surface area contributed by atoms with Crippen molar-refractivity contribution in [3.8, 4) is 23.0 Å². The summed E-state index contributed by atoms with van der Waals surface area (Å²) in [4.78, 5) is 33.7. The maximum absolute atomic E-state index is 11.7. The number of carbonyl (C=O) groups excluding carboxylic acids is 2. The first kappa shape index (κ1) is 27.5. The number of hydrogen-bond acceptors (Lipinski definition) is 10. The highest BCUT2D eigenvalue weighted by Crippen LogP contribution is 2.31. The lowest BCUT2D eigenvalue weighted by Gasteiger charge is -2.29. The number of ether oxygens (including phenoxy) is 3. The number of para-hydroxylation sites is 1. The Balaban J connectivity index is 1.23. The third-order valence-electron chi connectivity index (χ3n) is 6.45. The summed E-state index contributed by atoms with van der Waals surface area (Å²) in [6.07, 6.45) is 2.51. The lowest BCUT2D eigenvalue weighted by molar-refractivity contribution is -0.133. The third kappa shape index (κ3) is 6.23. The summed E-state index contributed by atoms with van der Waals surface area (Å²) in [6.45, 7) is 2.65. The minimum atomic E-state index is -0.408. The molecular formula is C31H29N3O7. The van der Waals surface area contributed by atoms with Crippen LogP contribution in [0.15, 0.2) is 89.0 Å². The summed E-state index contributed by atoms with van der Waals surface area (Å²) in [5.41, 5.74) is 4.18. The lowest BCUT2D eigenvalue weighted by Crippen LogP contribution is -2.35. The average Bonchev–Trinajstić information content (AvgIpc) is 3.62. The molecule has 0 saturated heterocycles. The molecule has 1 aliphatic rings.